The van der Waals surface area contributed by atoms with Gasteiger partial charge < -0.3 is 18.9 Å². The summed E-state index contributed by atoms with van der Waals surface area (Å²) in [5.74, 6) is -0.135. The smallest absolute Gasteiger partial charge is 0.344 e. The van der Waals surface area contributed by atoms with Gasteiger partial charge in [-0.15, -0.1) is 0 Å². The molecule has 1 aliphatic heterocycles. The number of nitrogens with zero attached hydrogens (tertiary/aromatic N) is 5. The van der Waals surface area contributed by atoms with Crippen molar-refractivity contribution in [1.82, 2.24) is 20.0 Å². The second kappa shape index (κ2) is 9.70. The van der Waals surface area contributed by atoms with Crippen LogP contribution in [0.15, 0.2) is 41.1 Å². The third-order valence-electron chi connectivity index (χ3n) is 5.72. The molecule has 4 rings (SSSR count). The van der Waals surface area contributed by atoms with E-state index in [0.29, 0.717) is 29.8 Å². The number of nitriles is 1. The summed E-state index contributed by atoms with van der Waals surface area (Å²) in [4.78, 5) is 36.0. The van der Waals surface area contributed by atoms with Crippen molar-refractivity contribution in [2.24, 2.45) is 0 Å². The average molecular weight is 461 g/mol. The first-order valence-electron chi connectivity index (χ1n) is 10.8. The van der Waals surface area contributed by atoms with Gasteiger partial charge in [0.2, 0.25) is 5.88 Å². The summed E-state index contributed by atoms with van der Waals surface area (Å²) in [5, 5.41) is 13.2. The lowest BCUT2D eigenvalue weighted by Gasteiger charge is -2.38. The molecule has 2 aromatic heterocycles. The van der Waals surface area contributed by atoms with E-state index in [0.717, 1.165) is 0 Å². The molecule has 3 aromatic rings. The molecule has 0 spiro atoms. The largest absolute Gasteiger partial charge is 0.472 e. The number of likely N-dealkylation sites (tertiary alicyclic amines) is 1. The van der Waals surface area contributed by atoms with Crippen LogP contribution in [0.25, 0.3) is 11.5 Å². The summed E-state index contributed by atoms with van der Waals surface area (Å²) in [6.45, 7) is 3.96. The molecule has 10 heteroatoms. The molecule has 1 aliphatic rings. The summed E-state index contributed by atoms with van der Waals surface area (Å²) >= 11 is 0. The third kappa shape index (κ3) is 4.45. The highest BCUT2D eigenvalue weighted by molar-refractivity contribution is 6.00. The van der Waals surface area contributed by atoms with Gasteiger partial charge in [-0.2, -0.15) is 10.2 Å². The molecule has 1 fully saturated rings. The average Bonchev–Trinajstić information content (AvgIpc) is 3.30. The quantitative estimate of drug-likeness (QED) is 0.526. The second-order valence-electron chi connectivity index (χ2n) is 7.96. The van der Waals surface area contributed by atoms with Crippen LogP contribution in [-0.4, -0.2) is 57.7 Å². The first-order valence-corrected chi connectivity index (χ1v) is 10.8. The predicted octanol–water partition coefficient (Wildman–Crippen LogP) is 3.17. The number of rotatable bonds is 5. The number of piperidine rings is 1. The van der Waals surface area contributed by atoms with E-state index < -0.39 is 12.1 Å². The lowest BCUT2D eigenvalue weighted by molar-refractivity contribution is 0.0359. The van der Waals surface area contributed by atoms with Gasteiger partial charge in [-0.3, -0.25) is 4.79 Å². The van der Waals surface area contributed by atoms with Crippen LogP contribution in [0.4, 0.5) is 0 Å². The Hall–Kier alpha value is -4.26. The van der Waals surface area contributed by atoms with Gasteiger partial charge in [-0.25, -0.2) is 9.78 Å². The molecule has 174 valence electrons. The molecule has 0 bridgehead atoms. The number of aryl methyl sites for hydroxylation is 1. The SMILES string of the molecule is COC(=O)c1c(C#N)ccnc1O[C@@H]1CC[C@@H](C)N(C(=O)c2ccccc2-c2nc(C)no2)C1. The summed E-state index contributed by atoms with van der Waals surface area (Å²) in [7, 11) is 1.23. The third-order valence-corrected chi connectivity index (χ3v) is 5.72. The first-order chi connectivity index (χ1) is 16.4. The Kier molecular flexibility index (Phi) is 6.54. The van der Waals surface area contributed by atoms with Crippen molar-refractivity contribution in [2.75, 3.05) is 13.7 Å². The molecule has 0 N–H and O–H groups in total. The molecule has 0 unspecified atom stereocenters. The zero-order chi connectivity index (χ0) is 24.2. The lowest BCUT2D eigenvalue weighted by Crippen LogP contribution is -2.49. The van der Waals surface area contributed by atoms with E-state index in [2.05, 4.69) is 15.1 Å². The van der Waals surface area contributed by atoms with Gasteiger partial charge in [0.15, 0.2) is 5.82 Å². The summed E-state index contributed by atoms with van der Waals surface area (Å²) in [6.07, 6.45) is 2.30. The van der Waals surface area contributed by atoms with Gasteiger partial charge in [-0.05, 0) is 44.9 Å². The van der Waals surface area contributed by atoms with Crippen LogP contribution in [0.5, 0.6) is 5.88 Å². The van der Waals surface area contributed by atoms with Crippen LogP contribution >= 0.6 is 0 Å². The van der Waals surface area contributed by atoms with Gasteiger partial charge in [0, 0.05) is 12.2 Å². The van der Waals surface area contributed by atoms with Crippen molar-refractivity contribution in [2.45, 2.75) is 38.8 Å². The molecule has 0 saturated carbocycles. The normalized spacial score (nSPS) is 17.6. The zero-order valence-electron chi connectivity index (χ0n) is 19.0. The molecule has 1 saturated heterocycles. The van der Waals surface area contributed by atoms with E-state index in [1.807, 2.05) is 13.0 Å². The van der Waals surface area contributed by atoms with Crippen molar-refractivity contribution in [3.63, 3.8) is 0 Å². The lowest BCUT2D eigenvalue weighted by atomic mass is 9.98. The Morgan fingerprint density at radius 3 is 2.74 bits per heavy atom. The van der Waals surface area contributed by atoms with E-state index >= 15 is 0 Å². The van der Waals surface area contributed by atoms with Crippen molar-refractivity contribution in [3.8, 4) is 23.4 Å². The number of benzene rings is 1. The number of carbonyl (C=O) groups is 2. The maximum absolute atomic E-state index is 13.6. The van der Waals surface area contributed by atoms with Crippen LogP contribution in [0.2, 0.25) is 0 Å². The number of amides is 1. The maximum atomic E-state index is 13.6. The van der Waals surface area contributed by atoms with Gasteiger partial charge in [0.05, 0.1) is 30.3 Å². The van der Waals surface area contributed by atoms with Crippen LogP contribution < -0.4 is 4.74 Å². The van der Waals surface area contributed by atoms with Crippen molar-refractivity contribution >= 4 is 11.9 Å². The number of hydrogen-bond acceptors (Lipinski definition) is 9. The minimum absolute atomic E-state index is 0.0135. The van der Waals surface area contributed by atoms with E-state index in [1.165, 1.54) is 19.4 Å². The Bertz CT molecular complexity index is 1260. The minimum Gasteiger partial charge on any atom is -0.472 e. The van der Waals surface area contributed by atoms with E-state index in [4.69, 9.17) is 14.0 Å². The zero-order valence-corrected chi connectivity index (χ0v) is 19.0. The van der Waals surface area contributed by atoms with Crippen LogP contribution in [0, 0.1) is 18.3 Å². The number of hydrogen-bond donors (Lipinski definition) is 0. The maximum Gasteiger partial charge on any atom is 0.344 e. The van der Waals surface area contributed by atoms with Crippen LogP contribution in [-0.2, 0) is 4.74 Å². The van der Waals surface area contributed by atoms with Crippen molar-refractivity contribution < 1.29 is 23.6 Å². The predicted molar refractivity (Wildman–Crippen MR) is 119 cm³/mol. The topological polar surface area (TPSA) is 131 Å². The van der Waals surface area contributed by atoms with Gasteiger partial charge in [-0.1, -0.05) is 17.3 Å². The standard InChI is InChI=1S/C24H23N5O5/c1-14-8-9-17(33-22-20(24(31)32-3)16(12-25)10-11-26-22)13-29(14)23(30)19-7-5-4-6-18(19)21-27-15(2)28-34-21/h4-7,10-11,14,17H,8-9,13H2,1-3H3/t14-,17-/m1/s1. The number of aromatic nitrogens is 3. The Morgan fingerprint density at radius 2 is 2.03 bits per heavy atom. The Balaban J connectivity index is 1.60. The molecule has 1 amide bonds. The van der Waals surface area contributed by atoms with Gasteiger partial charge in [0.25, 0.3) is 11.8 Å². The summed E-state index contributed by atoms with van der Waals surface area (Å²) in [5.41, 5.74) is 1.08. The summed E-state index contributed by atoms with van der Waals surface area (Å²) in [6, 6.07) is 10.4. The fourth-order valence-electron chi connectivity index (χ4n) is 3.95. The van der Waals surface area contributed by atoms with E-state index in [-0.39, 0.29) is 41.4 Å². The minimum atomic E-state index is -0.708. The van der Waals surface area contributed by atoms with Crippen molar-refractivity contribution in [3.05, 3.63) is 59.0 Å². The molecule has 10 nitrogen and oxygen atoms in total. The molecule has 2 atom stereocenters. The molecule has 1 aromatic carbocycles. The highest BCUT2D eigenvalue weighted by Crippen LogP contribution is 2.29. The van der Waals surface area contributed by atoms with Gasteiger partial charge in [0.1, 0.15) is 17.7 Å². The molecule has 0 aliphatic carbocycles. The van der Waals surface area contributed by atoms with E-state index in [9.17, 15) is 14.9 Å². The molecular weight excluding hydrogens is 438 g/mol. The monoisotopic (exact) mass is 461 g/mol. The molecular formula is C24H23N5O5. The Labute approximate surface area is 196 Å². The number of esters is 1. The number of carbonyl (C=O) groups excluding carboxylic acids is 2. The molecule has 0 radical (unpaired) electrons. The number of ether oxygens (including phenoxy) is 2. The fourth-order valence-corrected chi connectivity index (χ4v) is 3.95. The fraction of sp³-hybridized carbons (Fsp3) is 0.333. The first kappa shape index (κ1) is 22.9. The van der Waals surface area contributed by atoms with Crippen LogP contribution in [0.3, 0.4) is 0 Å². The second-order valence-corrected chi connectivity index (χ2v) is 7.96. The number of methoxy groups -OCH3 is 1. The van der Waals surface area contributed by atoms with Gasteiger partial charge >= 0.3 is 5.97 Å². The number of pyridine rings is 1. The van der Waals surface area contributed by atoms with Crippen molar-refractivity contribution in [1.29, 1.82) is 5.26 Å². The highest BCUT2D eigenvalue weighted by Gasteiger charge is 2.33. The Morgan fingerprint density at radius 1 is 1.24 bits per heavy atom. The molecule has 3 heterocycles. The summed E-state index contributed by atoms with van der Waals surface area (Å²) < 4.78 is 16.1. The highest BCUT2D eigenvalue weighted by atomic mass is 16.5. The molecule has 34 heavy (non-hydrogen) atoms. The van der Waals surface area contributed by atoms with Crippen LogP contribution in [0.1, 0.15) is 51.9 Å². The van der Waals surface area contributed by atoms with E-state index in [1.54, 1.807) is 36.1 Å².